The maximum Gasteiger partial charge on any atom is 0.234 e. The molecule has 0 aliphatic heterocycles. The predicted molar refractivity (Wildman–Crippen MR) is 93.7 cm³/mol. The number of amides is 1. The summed E-state index contributed by atoms with van der Waals surface area (Å²) in [6.07, 6.45) is 0. The van der Waals surface area contributed by atoms with Crippen molar-refractivity contribution in [1.29, 1.82) is 5.26 Å². The molecule has 0 fully saturated rings. The first-order valence-corrected chi connectivity index (χ1v) is 8.28. The SMILES string of the molecule is Cc1cc(C)c(C#N)c(SCC(=O)Nc2cccc(C)c2C)n1. The molecule has 5 heteroatoms. The summed E-state index contributed by atoms with van der Waals surface area (Å²) >= 11 is 1.29. The van der Waals surface area contributed by atoms with Gasteiger partial charge in [-0.3, -0.25) is 4.79 Å². The minimum atomic E-state index is -0.103. The number of aryl methyl sites for hydroxylation is 3. The molecule has 0 radical (unpaired) electrons. The zero-order valence-electron chi connectivity index (χ0n) is 13.7. The summed E-state index contributed by atoms with van der Waals surface area (Å²) in [5.74, 6) is 0.117. The Balaban J connectivity index is 2.08. The lowest BCUT2D eigenvalue weighted by Gasteiger charge is -2.11. The van der Waals surface area contributed by atoms with Crippen LogP contribution in [0.1, 0.15) is 27.9 Å². The fourth-order valence-corrected chi connectivity index (χ4v) is 3.15. The molecule has 0 aliphatic rings. The van der Waals surface area contributed by atoms with Gasteiger partial charge in [-0.2, -0.15) is 5.26 Å². The predicted octanol–water partition coefficient (Wildman–Crippen LogP) is 3.92. The molecule has 118 valence electrons. The van der Waals surface area contributed by atoms with Crippen molar-refractivity contribution >= 4 is 23.4 Å². The molecule has 23 heavy (non-hydrogen) atoms. The van der Waals surface area contributed by atoms with Gasteiger partial charge in [-0.25, -0.2) is 4.98 Å². The molecule has 1 heterocycles. The molecule has 0 saturated heterocycles. The summed E-state index contributed by atoms with van der Waals surface area (Å²) in [4.78, 5) is 16.6. The van der Waals surface area contributed by atoms with Crippen LogP contribution in [-0.4, -0.2) is 16.6 Å². The maximum atomic E-state index is 12.2. The fraction of sp³-hybridized carbons (Fsp3) is 0.278. The lowest BCUT2D eigenvalue weighted by atomic mass is 10.1. The molecule has 0 bridgehead atoms. The Morgan fingerprint density at radius 3 is 2.70 bits per heavy atom. The normalized spacial score (nSPS) is 10.2. The summed E-state index contributed by atoms with van der Waals surface area (Å²) in [7, 11) is 0. The highest BCUT2D eigenvalue weighted by atomic mass is 32.2. The molecule has 0 unspecified atom stereocenters. The highest BCUT2D eigenvalue weighted by Gasteiger charge is 2.12. The van der Waals surface area contributed by atoms with E-state index in [2.05, 4.69) is 16.4 Å². The Bertz CT molecular complexity index is 794. The molecule has 1 aromatic carbocycles. The molecule has 0 spiro atoms. The van der Waals surface area contributed by atoms with Crippen molar-refractivity contribution in [1.82, 2.24) is 4.98 Å². The second kappa shape index (κ2) is 7.30. The highest BCUT2D eigenvalue weighted by molar-refractivity contribution is 8.00. The number of carbonyl (C=O) groups excluding carboxylic acids is 1. The molecule has 0 atom stereocenters. The van der Waals surface area contributed by atoms with E-state index >= 15 is 0 Å². The van der Waals surface area contributed by atoms with Crippen molar-refractivity contribution in [2.45, 2.75) is 32.7 Å². The van der Waals surface area contributed by atoms with Gasteiger partial charge in [-0.15, -0.1) is 0 Å². The average molecular weight is 325 g/mol. The molecule has 1 aromatic heterocycles. The van der Waals surface area contributed by atoms with Gasteiger partial charge in [-0.1, -0.05) is 23.9 Å². The molecular weight excluding hydrogens is 306 g/mol. The van der Waals surface area contributed by atoms with Gasteiger partial charge in [0, 0.05) is 11.4 Å². The van der Waals surface area contributed by atoms with E-state index in [0.29, 0.717) is 10.6 Å². The third-order valence-electron chi connectivity index (χ3n) is 3.64. The first kappa shape index (κ1) is 17.0. The average Bonchev–Trinajstić information content (AvgIpc) is 2.49. The number of thioether (sulfide) groups is 1. The summed E-state index contributed by atoms with van der Waals surface area (Å²) in [6.45, 7) is 7.76. The van der Waals surface area contributed by atoms with E-state index in [4.69, 9.17) is 0 Å². The fourth-order valence-electron chi connectivity index (χ4n) is 2.25. The van der Waals surface area contributed by atoms with Gasteiger partial charge < -0.3 is 5.32 Å². The van der Waals surface area contributed by atoms with Crippen molar-refractivity contribution in [3.8, 4) is 6.07 Å². The number of nitrogens with zero attached hydrogens (tertiary/aromatic N) is 2. The Morgan fingerprint density at radius 1 is 1.26 bits per heavy atom. The second-order valence-electron chi connectivity index (χ2n) is 5.46. The summed E-state index contributed by atoms with van der Waals surface area (Å²) in [6, 6.07) is 9.86. The molecule has 0 saturated carbocycles. The van der Waals surface area contributed by atoms with Crippen molar-refractivity contribution in [2.75, 3.05) is 11.1 Å². The second-order valence-corrected chi connectivity index (χ2v) is 6.42. The lowest BCUT2D eigenvalue weighted by molar-refractivity contribution is -0.113. The number of nitrogens with one attached hydrogen (secondary N) is 1. The van der Waals surface area contributed by atoms with Gasteiger partial charge in [-0.05, 0) is 56.5 Å². The van der Waals surface area contributed by atoms with Crippen LogP contribution in [0.2, 0.25) is 0 Å². The van der Waals surface area contributed by atoms with E-state index in [1.807, 2.05) is 52.0 Å². The van der Waals surface area contributed by atoms with Crippen LogP contribution in [0.15, 0.2) is 29.3 Å². The Morgan fingerprint density at radius 2 is 2.00 bits per heavy atom. The largest absolute Gasteiger partial charge is 0.325 e. The topological polar surface area (TPSA) is 65.8 Å². The van der Waals surface area contributed by atoms with Crippen LogP contribution in [-0.2, 0) is 4.79 Å². The number of hydrogen-bond acceptors (Lipinski definition) is 4. The zero-order valence-corrected chi connectivity index (χ0v) is 14.5. The molecule has 1 N–H and O–H groups in total. The number of rotatable bonds is 4. The van der Waals surface area contributed by atoms with Crippen molar-refractivity contribution < 1.29 is 4.79 Å². The Hall–Kier alpha value is -2.32. The summed E-state index contributed by atoms with van der Waals surface area (Å²) in [5, 5.41) is 12.8. The molecule has 1 amide bonds. The van der Waals surface area contributed by atoms with Crippen molar-refractivity contribution in [3.05, 3.63) is 52.2 Å². The van der Waals surface area contributed by atoms with E-state index < -0.39 is 0 Å². The van der Waals surface area contributed by atoms with Crippen LogP contribution in [0.5, 0.6) is 0 Å². The lowest BCUT2D eigenvalue weighted by Crippen LogP contribution is -2.15. The summed E-state index contributed by atoms with van der Waals surface area (Å²) in [5.41, 5.74) is 5.30. The first-order chi connectivity index (χ1) is 10.9. The van der Waals surface area contributed by atoms with E-state index in [0.717, 1.165) is 28.1 Å². The number of pyridine rings is 1. The number of nitriles is 1. The van der Waals surface area contributed by atoms with Crippen LogP contribution in [0, 0.1) is 39.0 Å². The quantitative estimate of drug-likeness (QED) is 0.865. The number of anilines is 1. The number of hydrogen-bond donors (Lipinski definition) is 1. The van der Waals surface area contributed by atoms with Crippen LogP contribution in [0.4, 0.5) is 5.69 Å². The van der Waals surface area contributed by atoms with Crippen LogP contribution < -0.4 is 5.32 Å². The standard InChI is InChI=1S/C18H19N3OS/c1-11-6-5-7-16(14(11)4)21-17(22)10-23-18-15(9-19)12(2)8-13(3)20-18/h5-8H,10H2,1-4H3,(H,21,22). The number of benzene rings is 1. The van der Waals surface area contributed by atoms with Crippen LogP contribution in [0.3, 0.4) is 0 Å². The highest BCUT2D eigenvalue weighted by Crippen LogP contribution is 2.24. The van der Waals surface area contributed by atoms with Gasteiger partial charge in [0.1, 0.15) is 11.1 Å². The first-order valence-electron chi connectivity index (χ1n) is 7.29. The zero-order chi connectivity index (χ0) is 17.0. The molecule has 2 aromatic rings. The number of carbonyl (C=O) groups is 1. The maximum absolute atomic E-state index is 12.2. The van der Waals surface area contributed by atoms with Gasteiger partial charge in [0.15, 0.2) is 0 Å². The van der Waals surface area contributed by atoms with E-state index in [1.165, 1.54) is 11.8 Å². The third kappa shape index (κ3) is 4.11. The van der Waals surface area contributed by atoms with Crippen LogP contribution in [0.25, 0.3) is 0 Å². The Labute approximate surface area is 140 Å². The Kier molecular flexibility index (Phi) is 5.41. The molecular formula is C18H19N3OS. The van der Waals surface area contributed by atoms with Gasteiger partial charge in [0.05, 0.1) is 11.3 Å². The smallest absolute Gasteiger partial charge is 0.234 e. The van der Waals surface area contributed by atoms with Gasteiger partial charge >= 0.3 is 0 Å². The van der Waals surface area contributed by atoms with Crippen LogP contribution >= 0.6 is 11.8 Å². The van der Waals surface area contributed by atoms with Gasteiger partial charge in [0.25, 0.3) is 0 Å². The molecule has 2 rings (SSSR count). The molecule has 0 aliphatic carbocycles. The monoisotopic (exact) mass is 325 g/mol. The summed E-state index contributed by atoms with van der Waals surface area (Å²) < 4.78 is 0. The minimum Gasteiger partial charge on any atom is -0.325 e. The number of aromatic nitrogens is 1. The molecule has 4 nitrogen and oxygen atoms in total. The van der Waals surface area contributed by atoms with E-state index in [-0.39, 0.29) is 11.7 Å². The van der Waals surface area contributed by atoms with Gasteiger partial charge in [0.2, 0.25) is 5.91 Å². The third-order valence-corrected chi connectivity index (χ3v) is 4.62. The van der Waals surface area contributed by atoms with Crippen molar-refractivity contribution in [2.24, 2.45) is 0 Å². The van der Waals surface area contributed by atoms with E-state index in [9.17, 15) is 10.1 Å². The van der Waals surface area contributed by atoms with Crippen molar-refractivity contribution in [3.63, 3.8) is 0 Å². The minimum absolute atomic E-state index is 0.103. The van der Waals surface area contributed by atoms with E-state index in [1.54, 1.807) is 0 Å².